The lowest BCUT2D eigenvalue weighted by molar-refractivity contribution is 0.0350. The minimum atomic E-state index is -0.318. The Kier molecular flexibility index (Phi) is 6.81. The van der Waals surface area contributed by atoms with E-state index in [2.05, 4.69) is 34.4 Å². The van der Waals surface area contributed by atoms with Gasteiger partial charge in [0.25, 0.3) is 0 Å². The molecule has 0 bridgehead atoms. The van der Waals surface area contributed by atoms with Gasteiger partial charge in [-0.25, -0.2) is 0 Å². The average Bonchev–Trinajstić information content (AvgIpc) is 2.22. The Hall–Kier alpha value is -0.380. The summed E-state index contributed by atoms with van der Waals surface area (Å²) in [5.41, 5.74) is 0.628. The van der Waals surface area contributed by atoms with Crippen molar-refractivity contribution in [2.45, 2.75) is 18.9 Å². The summed E-state index contributed by atoms with van der Waals surface area (Å²) < 4.78 is 6.33. The largest absolute Gasteiger partial charge is 0.374 e. The molecule has 1 unspecified atom stereocenters. The first-order valence-electron chi connectivity index (χ1n) is 4.88. The molecule has 0 aliphatic heterocycles. The second kappa shape index (κ2) is 6.99. The van der Waals surface area contributed by atoms with Crippen LogP contribution in [0, 0.1) is 0 Å². The molecule has 1 N–H and O–H groups in total. The zero-order valence-corrected chi connectivity index (χ0v) is 11.4. The van der Waals surface area contributed by atoms with Crippen LogP contribution in [0.2, 0.25) is 0 Å². The summed E-state index contributed by atoms with van der Waals surface area (Å²) in [6.45, 7) is 10.7. The molecule has 0 amide bonds. The molecule has 0 saturated carbocycles. The van der Waals surface area contributed by atoms with Crippen molar-refractivity contribution < 1.29 is 4.74 Å². The fraction of sp³-hybridized carbons (Fsp3) is 0.500. The molecule has 0 radical (unpaired) electrons. The van der Waals surface area contributed by atoms with Gasteiger partial charge in [-0.3, -0.25) is 0 Å². The summed E-state index contributed by atoms with van der Waals surface area (Å²) in [4.78, 5) is 0. The van der Waals surface area contributed by atoms with Crippen LogP contribution in [0.15, 0.2) is 35.4 Å². The predicted octanol–water partition coefficient (Wildman–Crippen LogP) is 3.02. The van der Waals surface area contributed by atoms with Crippen molar-refractivity contribution in [1.82, 2.24) is 5.32 Å². The Morgan fingerprint density at radius 3 is 2.47 bits per heavy atom. The van der Waals surface area contributed by atoms with Gasteiger partial charge in [0.05, 0.1) is 5.60 Å². The summed E-state index contributed by atoms with van der Waals surface area (Å²) in [6, 6.07) is 0. The minimum absolute atomic E-state index is 0.318. The van der Waals surface area contributed by atoms with Crippen molar-refractivity contribution in [2.75, 3.05) is 20.7 Å². The van der Waals surface area contributed by atoms with Crippen molar-refractivity contribution in [2.24, 2.45) is 0 Å². The van der Waals surface area contributed by atoms with E-state index in [0.717, 1.165) is 23.0 Å². The lowest BCUT2D eigenvalue weighted by atomic mass is 9.92. The molecular formula is C12H20BrNO. The molecule has 0 aliphatic rings. The molecular weight excluding hydrogens is 254 g/mol. The molecule has 0 saturated heterocycles. The molecule has 0 aromatic rings. The van der Waals surface area contributed by atoms with Gasteiger partial charge in [0.15, 0.2) is 0 Å². The summed E-state index contributed by atoms with van der Waals surface area (Å²) in [5.74, 6) is 0. The zero-order valence-electron chi connectivity index (χ0n) is 9.77. The van der Waals surface area contributed by atoms with Crippen LogP contribution in [-0.2, 0) is 4.74 Å². The number of hydrogen-bond donors (Lipinski definition) is 1. The molecule has 0 spiro atoms. The highest BCUT2D eigenvalue weighted by molar-refractivity contribution is 9.11. The molecule has 1 atom stereocenters. The maximum absolute atomic E-state index is 5.50. The second-order valence-electron chi connectivity index (χ2n) is 3.59. The highest BCUT2D eigenvalue weighted by Gasteiger charge is 2.24. The quantitative estimate of drug-likeness (QED) is 0.720. The lowest BCUT2D eigenvalue weighted by Crippen LogP contribution is -2.32. The first kappa shape index (κ1) is 14.6. The van der Waals surface area contributed by atoms with Crippen LogP contribution < -0.4 is 5.32 Å². The number of nitrogens with one attached hydrogen (secondary N) is 1. The molecule has 3 heteroatoms. The highest BCUT2D eigenvalue weighted by Crippen LogP contribution is 2.24. The summed E-state index contributed by atoms with van der Waals surface area (Å²) in [5, 5.41) is 3.11. The normalized spacial score (nSPS) is 15.2. The monoisotopic (exact) mass is 273 g/mol. The van der Waals surface area contributed by atoms with E-state index in [1.165, 1.54) is 0 Å². The van der Waals surface area contributed by atoms with Crippen molar-refractivity contribution >= 4 is 15.9 Å². The molecule has 0 rings (SSSR count). The van der Waals surface area contributed by atoms with Gasteiger partial charge in [-0.2, -0.15) is 0 Å². The first-order valence-corrected chi connectivity index (χ1v) is 5.67. The molecule has 2 nitrogen and oxygen atoms in total. The lowest BCUT2D eigenvalue weighted by Gasteiger charge is -2.29. The standard InChI is InChI=1S/C12H20BrNO/c1-10(6-7-11(2)13)12(3,15-5)8-9-14-4/h6-7,14H,1-2,8-9H2,3-5H3/b7-6-. The van der Waals surface area contributed by atoms with Crippen LogP contribution in [0.4, 0.5) is 0 Å². The van der Waals surface area contributed by atoms with E-state index in [-0.39, 0.29) is 5.60 Å². The van der Waals surface area contributed by atoms with E-state index in [1.807, 2.05) is 26.1 Å². The van der Waals surface area contributed by atoms with Crippen LogP contribution in [0.3, 0.4) is 0 Å². The number of methoxy groups -OCH3 is 1. The summed E-state index contributed by atoms with van der Waals surface area (Å²) in [7, 11) is 3.63. The molecule has 0 aromatic carbocycles. The third kappa shape index (κ3) is 5.30. The maximum atomic E-state index is 5.50. The fourth-order valence-corrected chi connectivity index (χ4v) is 1.26. The van der Waals surface area contributed by atoms with Gasteiger partial charge in [0.1, 0.15) is 0 Å². The summed E-state index contributed by atoms with van der Waals surface area (Å²) >= 11 is 3.27. The molecule has 0 aromatic heterocycles. The van der Waals surface area contributed by atoms with Crippen molar-refractivity contribution in [3.05, 3.63) is 35.4 Å². The van der Waals surface area contributed by atoms with Crippen molar-refractivity contribution in [1.29, 1.82) is 0 Å². The SMILES string of the molecule is C=C(Br)/C=C\C(=C)C(C)(CCNC)OC. The molecule has 0 heterocycles. The topological polar surface area (TPSA) is 21.3 Å². The van der Waals surface area contributed by atoms with E-state index in [0.29, 0.717) is 0 Å². The van der Waals surface area contributed by atoms with Crippen molar-refractivity contribution in [3.63, 3.8) is 0 Å². The Morgan fingerprint density at radius 1 is 1.47 bits per heavy atom. The molecule has 15 heavy (non-hydrogen) atoms. The predicted molar refractivity (Wildman–Crippen MR) is 70.3 cm³/mol. The van der Waals surface area contributed by atoms with E-state index in [4.69, 9.17) is 4.74 Å². The van der Waals surface area contributed by atoms with Gasteiger partial charge in [-0.05, 0) is 38.6 Å². The van der Waals surface area contributed by atoms with Gasteiger partial charge in [0.2, 0.25) is 0 Å². The minimum Gasteiger partial charge on any atom is -0.374 e. The van der Waals surface area contributed by atoms with Gasteiger partial charge < -0.3 is 10.1 Å². The van der Waals surface area contributed by atoms with Crippen LogP contribution in [0.1, 0.15) is 13.3 Å². The smallest absolute Gasteiger partial charge is 0.0905 e. The highest BCUT2D eigenvalue weighted by atomic mass is 79.9. The van der Waals surface area contributed by atoms with Crippen LogP contribution in [0.5, 0.6) is 0 Å². The van der Waals surface area contributed by atoms with Gasteiger partial charge in [-0.15, -0.1) is 0 Å². The van der Waals surface area contributed by atoms with Gasteiger partial charge in [-0.1, -0.05) is 35.2 Å². The zero-order chi connectivity index (χ0) is 11.9. The van der Waals surface area contributed by atoms with E-state index >= 15 is 0 Å². The van der Waals surface area contributed by atoms with E-state index in [1.54, 1.807) is 7.11 Å². The number of allylic oxidation sites excluding steroid dienone is 2. The van der Waals surface area contributed by atoms with E-state index in [9.17, 15) is 0 Å². The second-order valence-corrected chi connectivity index (χ2v) is 4.61. The fourth-order valence-electron chi connectivity index (χ4n) is 1.12. The van der Waals surface area contributed by atoms with Gasteiger partial charge >= 0.3 is 0 Å². The Bertz CT molecular complexity index is 260. The van der Waals surface area contributed by atoms with Crippen LogP contribution in [0.25, 0.3) is 0 Å². The van der Waals surface area contributed by atoms with Crippen LogP contribution >= 0.6 is 15.9 Å². The number of rotatable bonds is 7. The molecule has 0 aliphatic carbocycles. The summed E-state index contributed by atoms with van der Waals surface area (Å²) in [6.07, 6.45) is 4.69. The maximum Gasteiger partial charge on any atom is 0.0905 e. The van der Waals surface area contributed by atoms with Crippen LogP contribution in [-0.4, -0.2) is 26.3 Å². The van der Waals surface area contributed by atoms with E-state index < -0.39 is 0 Å². The molecule has 0 fully saturated rings. The number of hydrogen-bond acceptors (Lipinski definition) is 2. The Balaban J connectivity index is 4.50. The van der Waals surface area contributed by atoms with Crippen molar-refractivity contribution in [3.8, 4) is 0 Å². The molecule has 86 valence electrons. The third-order valence-corrected chi connectivity index (χ3v) is 2.71. The average molecular weight is 274 g/mol. The number of halogens is 1. The first-order chi connectivity index (χ1) is 6.96. The Labute approximate surface area is 101 Å². The third-order valence-electron chi connectivity index (χ3n) is 2.45. The number of ether oxygens (including phenoxy) is 1. The van der Waals surface area contributed by atoms with Gasteiger partial charge in [0, 0.05) is 11.6 Å². The Morgan fingerprint density at radius 2 is 2.07 bits per heavy atom.